The topological polar surface area (TPSA) is 27.1 Å². The Morgan fingerprint density at radius 3 is 1.08 bits per heavy atom. The highest BCUT2D eigenvalue weighted by atomic mass is 15.1. The Kier molecular flexibility index (Phi) is 59.8. The van der Waals surface area contributed by atoms with Gasteiger partial charge in [0, 0.05) is 14.1 Å². The van der Waals surface area contributed by atoms with Crippen molar-refractivity contribution >= 4 is 5.84 Å². The van der Waals surface area contributed by atoms with Crippen molar-refractivity contribution in [3.63, 3.8) is 0 Å². The predicted molar refractivity (Wildman–Crippen MR) is 61.0 cm³/mol. The molecule has 0 spiro atoms. The van der Waals surface area contributed by atoms with Crippen molar-refractivity contribution in [3.05, 3.63) is 13.2 Å². The van der Waals surface area contributed by atoms with Gasteiger partial charge in [-0.15, -0.1) is 13.2 Å². The van der Waals surface area contributed by atoms with E-state index in [0.717, 1.165) is 0 Å². The molecule has 0 unspecified atom stereocenters. The summed E-state index contributed by atoms with van der Waals surface area (Å²) >= 11 is 0. The van der Waals surface area contributed by atoms with Crippen molar-refractivity contribution in [1.82, 2.24) is 4.90 Å². The third-order valence-corrected chi connectivity index (χ3v) is 0.671. The van der Waals surface area contributed by atoms with E-state index in [9.17, 15) is 0 Å². The van der Waals surface area contributed by atoms with Crippen LogP contribution in [0.2, 0.25) is 0 Å². The van der Waals surface area contributed by atoms with Crippen LogP contribution >= 0.6 is 0 Å². The second-order valence-corrected chi connectivity index (χ2v) is 1.48. The summed E-state index contributed by atoms with van der Waals surface area (Å²) in [5, 5.41) is 6.88. The zero-order chi connectivity index (χ0) is 11.2. The maximum absolute atomic E-state index is 6.88. The zero-order valence-corrected chi connectivity index (χ0v) is 9.86. The smallest absolute Gasteiger partial charge is 0.0920 e. The summed E-state index contributed by atoms with van der Waals surface area (Å²) in [4.78, 5) is 1.75. The molecule has 0 rings (SSSR count). The summed E-state index contributed by atoms with van der Waals surface area (Å²) in [7, 11) is 3.70. The van der Waals surface area contributed by atoms with E-state index in [4.69, 9.17) is 5.41 Å². The molecule has 0 amide bonds. The molecule has 2 nitrogen and oxygen atoms in total. The van der Waals surface area contributed by atoms with Crippen LogP contribution in [0.1, 0.15) is 34.6 Å². The Morgan fingerprint density at radius 2 is 1.08 bits per heavy atom. The molecule has 0 atom stereocenters. The van der Waals surface area contributed by atoms with Crippen molar-refractivity contribution in [3.8, 4) is 0 Å². The average Bonchev–Trinajstić information content (AvgIpc) is 2.14. The molecule has 0 saturated heterocycles. The molecule has 0 fully saturated rings. The summed E-state index contributed by atoms with van der Waals surface area (Å²) in [6.07, 6.45) is 0. The van der Waals surface area contributed by atoms with Gasteiger partial charge in [-0.2, -0.15) is 0 Å². The normalized spacial score (nSPS) is 5.25. The minimum absolute atomic E-state index is 0.593. The van der Waals surface area contributed by atoms with Crippen molar-refractivity contribution < 1.29 is 0 Å². The first-order chi connectivity index (χ1) is 5.64. The lowest BCUT2D eigenvalue weighted by molar-refractivity contribution is 0.613. The van der Waals surface area contributed by atoms with E-state index >= 15 is 0 Å². The Hall–Kier alpha value is -0.790. The highest BCUT2D eigenvalue weighted by Crippen LogP contribution is 1.70. The second-order valence-electron chi connectivity index (χ2n) is 1.48. The Morgan fingerprint density at radius 1 is 1.00 bits per heavy atom. The van der Waals surface area contributed by atoms with Crippen LogP contribution in [0, 0.1) is 5.41 Å². The SMILES string of the molecule is C=C.CC.CC.CC(=N)N(C)C. The fourth-order valence-electron chi connectivity index (χ4n) is 0. The Bertz CT molecular complexity index is 68.2. The van der Waals surface area contributed by atoms with Gasteiger partial charge in [0.05, 0.1) is 5.84 Å². The zero-order valence-electron chi connectivity index (χ0n) is 9.86. The maximum atomic E-state index is 6.88. The van der Waals surface area contributed by atoms with Crippen molar-refractivity contribution in [2.24, 2.45) is 0 Å². The molecule has 0 saturated carbocycles. The molecular formula is C10H26N2. The first-order valence-electron chi connectivity index (χ1n) is 4.37. The van der Waals surface area contributed by atoms with Gasteiger partial charge in [0.25, 0.3) is 0 Å². The summed E-state index contributed by atoms with van der Waals surface area (Å²) < 4.78 is 0. The fourth-order valence-corrected chi connectivity index (χ4v) is 0. The Labute approximate surface area is 78.8 Å². The summed E-state index contributed by atoms with van der Waals surface area (Å²) in [5.74, 6) is 0.593. The summed E-state index contributed by atoms with van der Waals surface area (Å²) in [6.45, 7) is 15.8. The van der Waals surface area contributed by atoms with Crippen LogP contribution in [0.15, 0.2) is 13.2 Å². The molecule has 0 heterocycles. The number of hydrogen-bond acceptors (Lipinski definition) is 1. The highest BCUT2D eigenvalue weighted by molar-refractivity contribution is 5.75. The van der Waals surface area contributed by atoms with Gasteiger partial charge in [-0.05, 0) is 6.92 Å². The Balaban J connectivity index is -0.0000000453. The van der Waals surface area contributed by atoms with E-state index in [1.807, 2.05) is 41.8 Å². The number of nitrogens with one attached hydrogen (secondary N) is 1. The minimum Gasteiger partial charge on any atom is -0.367 e. The summed E-state index contributed by atoms with van der Waals surface area (Å²) in [5.41, 5.74) is 0. The van der Waals surface area contributed by atoms with Crippen LogP contribution in [0.5, 0.6) is 0 Å². The summed E-state index contributed by atoms with van der Waals surface area (Å²) in [6, 6.07) is 0. The average molecular weight is 174 g/mol. The van der Waals surface area contributed by atoms with E-state index in [2.05, 4.69) is 13.2 Å². The third-order valence-electron chi connectivity index (χ3n) is 0.671. The molecular weight excluding hydrogens is 148 g/mol. The number of hydrogen-bond donors (Lipinski definition) is 1. The van der Waals surface area contributed by atoms with Gasteiger partial charge >= 0.3 is 0 Å². The van der Waals surface area contributed by atoms with Gasteiger partial charge in [0.2, 0.25) is 0 Å². The number of rotatable bonds is 0. The van der Waals surface area contributed by atoms with E-state index < -0.39 is 0 Å². The molecule has 12 heavy (non-hydrogen) atoms. The van der Waals surface area contributed by atoms with Crippen molar-refractivity contribution in [2.45, 2.75) is 34.6 Å². The van der Waals surface area contributed by atoms with Crippen LogP contribution in [0.3, 0.4) is 0 Å². The molecule has 0 aromatic heterocycles. The monoisotopic (exact) mass is 174 g/mol. The van der Waals surface area contributed by atoms with Crippen molar-refractivity contribution in [2.75, 3.05) is 14.1 Å². The molecule has 76 valence electrons. The molecule has 0 aliphatic heterocycles. The van der Waals surface area contributed by atoms with E-state index in [0.29, 0.717) is 5.84 Å². The molecule has 1 N–H and O–H groups in total. The molecule has 2 heteroatoms. The second kappa shape index (κ2) is 31.9. The minimum atomic E-state index is 0.593. The van der Waals surface area contributed by atoms with Crippen LogP contribution in [-0.2, 0) is 0 Å². The first-order valence-corrected chi connectivity index (χ1v) is 4.37. The standard InChI is InChI=1S/C4H10N2.2C2H6.C2H4/c1-4(5)6(2)3;3*1-2/h5H,1-3H3;2*1-2H3;1-2H2. The third kappa shape index (κ3) is 60.2. The maximum Gasteiger partial charge on any atom is 0.0920 e. The lowest BCUT2D eigenvalue weighted by atomic mass is 10.6. The lowest BCUT2D eigenvalue weighted by Crippen LogP contribution is -2.16. The fraction of sp³-hybridized carbons (Fsp3) is 0.700. The quantitative estimate of drug-likeness (QED) is 0.340. The van der Waals surface area contributed by atoms with Crippen molar-refractivity contribution in [1.29, 1.82) is 5.41 Å². The molecule has 0 bridgehead atoms. The van der Waals surface area contributed by atoms with Gasteiger partial charge in [-0.3, -0.25) is 5.41 Å². The van der Waals surface area contributed by atoms with E-state index in [1.54, 1.807) is 11.8 Å². The number of amidine groups is 1. The number of nitrogens with zero attached hydrogens (tertiary/aromatic N) is 1. The van der Waals surface area contributed by atoms with E-state index in [-0.39, 0.29) is 0 Å². The molecule has 0 aromatic carbocycles. The molecule has 0 aliphatic carbocycles. The first kappa shape index (κ1) is 22.5. The van der Waals surface area contributed by atoms with Gasteiger partial charge < -0.3 is 4.90 Å². The van der Waals surface area contributed by atoms with Crippen LogP contribution in [0.4, 0.5) is 0 Å². The predicted octanol–water partition coefficient (Wildman–Crippen LogP) is 3.40. The lowest BCUT2D eigenvalue weighted by Gasteiger charge is -2.06. The van der Waals surface area contributed by atoms with Crippen LogP contribution in [0.25, 0.3) is 0 Å². The molecule has 0 aromatic rings. The molecule has 0 radical (unpaired) electrons. The van der Waals surface area contributed by atoms with Crippen LogP contribution < -0.4 is 0 Å². The largest absolute Gasteiger partial charge is 0.367 e. The van der Waals surface area contributed by atoms with Gasteiger partial charge in [0.1, 0.15) is 0 Å². The molecule has 0 aliphatic rings. The van der Waals surface area contributed by atoms with E-state index in [1.165, 1.54) is 0 Å². The van der Waals surface area contributed by atoms with Gasteiger partial charge in [-0.1, -0.05) is 27.7 Å². The highest BCUT2D eigenvalue weighted by Gasteiger charge is 1.81. The van der Waals surface area contributed by atoms with Gasteiger partial charge in [-0.25, -0.2) is 0 Å². The van der Waals surface area contributed by atoms with Crippen LogP contribution in [-0.4, -0.2) is 24.8 Å². The van der Waals surface area contributed by atoms with Gasteiger partial charge in [0.15, 0.2) is 0 Å².